The number of tetrazole rings is 1. The summed E-state index contributed by atoms with van der Waals surface area (Å²) >= 11 is 0. The lowest BCUT2D eigenvalue weighted by Gasteiger charge is -2.12. The molecule has 1 aliphatic rings. The van der Waals surface area contributed by atoms with Crippen LogP contribution in [0.1, 0.15) is 23.2 Å². The number of hydrogen-bond donors (Lipinski definition) is 2. The fourth-order valence-electron chi connectivity index (χ4n) is 3.08. The quantitative estimate of drug-likeness (QED) is 0.582. The van der Waals surface area contributed by atoms with E-state index in [9.17, 15) is 13.2 Å². The van der Waals surface area contributed by atoms with Crippen LogP contribution in [0.4, 0.5) is 5.69 Å². The van der Waals surface area contributed by atoms with E-state index in [-0.39, 0.29) is 23.1 Å². The number of aromatic nitrogens is 4. The summed E-state index contributed by atoms with van der Waals surface area (Å²) in [6.45, 7) is 0.866. The first kappa shape index (κ1) is 20.1. The summed E-state index contributed by atoms with van der Waals surface area (Å²) in [4.78, 5) is 12.6. The summed E-state index contributed by atoms with van der Waals surface area (Å²) < 4.78 is 34.6. The molecule has 10 nitrogen and oxygen atoms in total. The highest BCUT2D eigenvalue weighted by Gasteiger charge is 2.21. The molecule has 1 fully saturated rings. The van der Waals surface area contributed by atoms with Gasteiger partial charge in [-0.15, -0.1) is 5.10 Å². The first-order valence-corrected chi connectivity index (χ1v) is 10.9. The zero-order valence-electron chi connectivity index (χ0n) is 15.9. The molecule has 30 heavy (non-hydrogen) atoms. The van der Waals surface area contributed by atoms with Crippen LogP contribution in [0.5, 0.6) is 0 Å². The second-order valence-corrected chi connectivity index (χ2v) is 8.54. The summed E-state index contributed by atoms with van der Waals surface area (Å²) in [5.41, 5.74) is 1.53. The number of ether oxygens (including phenoxy) is 1. The second kappa shape index (κ2) is 8.69. The standard InChI is InChI=1S/C19H20N6O4S/c26-19(22-15-6-8-16(9-7-15)25-13-20-23-24-25)14-3-1-5-18(11-14)30(27,28)21-12-17-4-2-10-29-17/h1,3,5-9,11,13,17,21H,2,4,10,12H2,(H,22,26)/t17-/m0/s1. The molecule has 1 aromatic heterocycles. The molecule has 0 unspecified atom stereocenters. The highest BCUT2D eigenvalue weighted by Crippen LogP contribution is 2.17. The van der Waals surface area contributed by atoms with Crippen LogP contribution >= 0.6 is 0 Å². The number of anilines is 1. The van der Waals surface area contributed by atoms with Crippen molar-refractivity contribution in [3.05, 3.63) is 60.4 Å². The number of sulfonamides is 1. The van der Waals surface area contributed by atoms with Gasteiger partial charge in [0.15, 0.2) is 0 Å². The van der Waals surface area contributed by atoms with E-state index in [1.54, 1.807) is 30.3 Å². The highest BCUT2D eigenvalue weighted by molar-refractivity contribution is 7.89. The minimum Gasteiger partial charge on any atom is -0.377 e. The van der Waals surface area contributed by atoms with Crippen LogP contribution in [0.25, 0.3) is 5.69 Å². The number of amides is 1. The fourth-order valence-corrected chi connectivity index (χ4v) is 4.19. The lowest BCUT2D eigenvalue weighted by molar-refractivity contribution is 0.102. The number of carbonyl (C=O) groups is 1. The van der Waals surface area contributed by atoms with Crippen molar-refractivity contribution >= 4 is 21.6 Å². The molecule has 0 radical (unpaired) electrons. The molecule has 0 spiro atoms. The van der Waals surface area contributed by atoms with Crippen LogP contribution in [0, 0.1) is 0 Å². The van der Waals surface area contributed by atoms with Crippen molar-refractivity contribution in [2.24, 2.45) is 0 Å². The van der Waals surface area contributed by atoms with Gasteiger partial charge in [-0.2, -0.15) is 0 Å². The third kappa shape index (κ3) is 4.70. The van der Waals surface area contributed by atoms with Crippen molar-refractivity contribution in [1.82, 2.24) is 24.9 Å². The number of hydrogen-bond acceptors (Lipinski definition) is 7. The van der Waals surface area contributed by atoms with Gasteiger partial charge in [0.1, 0.15) is 6.33 Å². The maximum Gasteiger partial charge on any atom is 0.255 e. The molecule has 2 aromatic carbocycles. The Balaban J connectivity index is 1.43. The molecule has 1 amide bonds. The Bertz CT molecular complexity index is 1110. The minimum atomic E-state index is -3.74. The third-order valence-corrected chi connectivity index (χ3v) is 6.09. The number of rotatable bonds is 7. The van der Waals surface area contributed by atoms with E-state index in [1.165, 1.54) is 29.2 Å². The summed E-state index contributed by atoms with van der Waals surface area (Å²) in [7, 11) is -3.74. The molecular formula is C19H20N6O4S. The fraction of sp³-hybridized carbons (Fsp3) is 0.263. The Morgan fingerprint density at radius 2 is 2.03 bits per heavy atom. The van der Waals surface area contributed by atoms with Gasteiger partial charge in [0.2, 0.25) is 10.0 Å². The van der Waals surface area contributed by atoms with E-state index >= 15 is 0 Å². The Labute approximate surface area is 173 Å². The number of nitrogens with zero attached hydrogens (tertiary/aromatic N) is 4. The van der Waals surface area contributed by atoms with Crippen LogP contribution in [-0.4, -0.2) is 53.8 Å². The number of carbonyl (C=O) groups excluding carboxylic acids is 1. The van der Waals surface area contributed by atoms with Gasteiger partial charge in [-0.25, -0.2) is 17.8 Å². The Kier molecular flexibility index (Phi) is 5.84. The van der Waals surface area contributed by atoms with Crippen LogP contribution in [-0.2, 0) is 14.8 Å². The van der Waals surface area contributed by atoms with Crippen molar-refractivity contribution < 1.29 is 17.9 Å². The Hall–Kier alpha value is -3.15. The van der Waals surface area contributed by atoms with E-state index in [4.69, 9.17) is 4.74 Å². The molecule has 1 saturated heterocycles. The van der Waals surface area contributed by atoms with Crippen molar-refractivity contribution in [2.45, 2.75) is 23.8 Å². The van der Waals surface area contributed by atoms with Crippen molar-refractivity contribution in [3.63, 3.8) is 0 Å². The molecule has 156 valence electrons. The van der Waals surface area contributed by atoms with Gasteiger partial charge in [-0.05, 0) is 65.7 Å². The lowest BCUT2D eigenvalue weighted by Crippen LogP contribution is -2.32. The first-order valence-electron chi connectivity index (χ1n) is 9.37. The summed E-state index contributed by atoms with van der Waals surface area (Å²) in [6, 6.07) is 12.8. The number of nitrogens with one attached hydrogen (secondary N) is 2. The minimum absolute atomic E-state index is 0.0298. The summed E-state index contributed by atoms with van der Waals surface area (Å²) in [6.07, 6.45) is 3.12. The maximum atomic E-state index is 12.6. The third-order valence-electron chi connectivity index (χ3n) is 4.67. The predicted molar refractivity (Wildman–Crippen MR) is 108 cm³/mol. The molecule has 2 N–H and O–H groups in total. The van der Waals surface area contributed by atoms with E-state index < -0.39 is 15.9 Å². The van der Waals surface area contributed by atoms with Gasteiger partial charge in [0.25, 0.3) is 5.91 Å². The topological polar surface area (TPSA) is 128 Å². The summed E-state index contributed by atoms with van der Waals surface area (Å²) in [5, 5.41) is 13.7. The van der Waals surface area contributed by atoms with E-state index in [1.807, 2.05) is 0 Å². The van der Waals surface area contributed by atoms with Crippen molar-refractivity contribution in [3.8, 4) is 5.69 Å². The van der Waals surface area contributed by atoms with Gasteiger partial charge in [0, 0.05) is 24.4 Å². The highest BCUT2D eigenvalue weighted by atomic mass is 32.2. The molecule has 11 heteroatoms. The van der Waals surface area contributed by atoms with Gasteiger partial charge >= 0.3 is 0 Å². The Morgan fingerprint density at radius 3 is 2.73 bits per heavy atom. The summed E-state index contributed by atoms with van der Waals surface area (Å²) in [5.74, 6) is -0.415. The van der Waals surface area contributed by atoms with E-state index in [0.717, 1.165) is 18.5 Å². The van der Waals surface area contributed by atoms with Gasteiger partial charge in [-0.1, -0.05) is 6.07 Å². The van der Waals surface area contributed by atoms with Crippen LogP contribution in [0.2, 0.25) is 0 Å². The average molecular weight is 428 g/mol. The second-order valence-electron chi connectivity index (χ2n) is 6.77. The zero-order chi connectivity index (χ0) is 21.0. The smallest absolute Gasteiger partial charge is 0.255 e. The molecule has 1 aliphatic heterocycles. The molecule has 4 rings (SSSR count). The van der Waals surface area contributed by atoms with E-state index in [0.29, 0.717) is 12.3 Å². The van der Waals surface area contributed by atoms with Crippen molar-refractivity contribution in [2.75, 3.05) is 18.5 Å². The molecular weight excluding hydrogens is 408 g/mol. The largest absolute Gasteiger partial charge is 0.377 e. The molecule has 0 saturated carbocycles. The van der Waals surface area contributed by atoms with Crippen LogP contribution < -0.4 is 10.0 Å². The van der Waals surface area contributed by atoms with Crippen LogP contribution in [0.3, 0.4) is 0 Å². The maximum absolute atomic E-state index is 12.6. The monoisotopic (exact) mass is 428 g/mol. The SMILES string of the molecule is O=C(Nc1ccc(-n2cnnn2)cc1)c1cccc(S(=O)(=O)NC[C@@H]2CCCO2)c1. The predicted octanol–water partition coefficient (Wildman–Crippen LogP) is 1.37. The molecule has 0 bridgehead atoms. The van der Waals surface area contributed by atoms with Crippen LogP contribution in [0.15, 0.2) is 59.8 Å². The molecule has 3 aromatic rings. The van der Waals surface area contributed by atoms with Gasteiger partial charge < -0.3 is 10.1 Å². The normalized spacial score (nSPS) is 16.5. The Morgan fingerprint density at radius 1 is 1.20 bits per heavy atom. The van der Waals surface area contributed by atoms with E-state index in [2.05, 4.69) is 25.6 Å². The molecule has 0 aliphatic carbocycles. The lowest BCUT2D eigenvalue weighted by atomic mass is 10.2. The zero-order valence-corrected chi connectivity index (χ0v) is 16.7. The molecule has 2 heterocycles. The van der Waals surface area contributed by atoms with Gasteiger partial charge in [0.05, 0.1) is 16.7 Å². The first-order chi connectivity index (χ1) is 14.5. The average Bonchev–Trinajstić information content (AvgIpc) is 3.47. The molecule has 1 atom stereocenters. The number of benzene rings is 2. The van der Waals surface area contributed by atoms with Crippen molar-refractivity contribution in [1.29, 1.82) is 0 Å². The van der Waals surface area contributed by atoms with Gasteiger partial charge in [-0.3, -0.25) is 4.79 Å².